The average molecular weight is 411 g/mol. The Labute approximate surface area is 172 Å². The highest BCUT2D eigenvalue weighted by Crippen LogP contribution is 2.23. The predicted molar refractivity (Wildman–Crippen MR) is 106 cm³/mol. The summed E-state index contributed by atoms with van der Waals surface area (Å²) in [6.45, 7) is 0.112. The number of hydrazine groups is 1. The molecule has 9 heteroatoms. The zero-order valence-corrected chi connectivity index (χ0v) is 16.6. The van der Waals surface area contributed by atoms with Crippen LogP contribution in [0.3, 0.4) is 0 Å². The molecule has 2 aromatic carbocycles. The molecule has 0 bridgehead atoms. The molecule has 0 unspecified atom stereocenters. The minimum Gasteiger partial charge on any atom is -0.497 e. The van der Waals surface area contributed by atoms with Gasteiger partial charge in [-0.2, -0.15) is 0 Å². The Hall–Kier alpha value is -3.88. The molecule has 2 N–H and O–H groups in total. The van der Waals surface area contributed by atoms with Crippen molar-refractivity contribution in [3.8, 4) is 11.5 Å². The van der Waals surface area contributed by atoms with Gasteiger partial charge >= 0.3 is 0 Å². The molecule has 0 radical (unpaired) electrons. The first-order valence-corrected chi connectivity index (χ1v) is 9.22. The van der Waals surface area contributed by atoms with Crippen molar-refractivity contribution in [3.05, 3.63) is 59.2 Å². The summed E-state index contributed by atoms with van der Waals surface area (Å²) in [5.74, 6) is -0.846. The molecular formula is C21H21N3O6. The molecule has 0 aromatic heterocycles. The second kappa shape index (κ2) is 9.08. The summed E-state index contributed by atoms with van der Waals surface area (Å²) in [7, 11) is 2.93. The van der Waals surface area contributed by atoms with Crippen LogP contribution < -0.4 is 20.3 Å². The van der Waals surface area contributed by atoms with Crippen molar-refractivity contribution in [1.82, 2.24) is 15.8 Å². The number of methoxy groups -OCH3 is 2. The number of carbonyl (C=O) groups is 4. The molecule has 1 aliphatic rings. The first-order valence-electron chi connectivity index (χ1n) is 9.22. The van der Waals surface area contributed by atoms with E-state index in [9.17, 15) is 19.2 Å². The van der Waals surface area contributed by atoms with E-state index in [-0.39, 0.29) is 36.8 Å². The Bertz CT molecular complexity index is 947. The maximum atomic E-state index is 12.3. The number of benzene rings is 2. The smallest absolute Gasteiger partial charge is 0.269 e. The molecule has 1 heterocycles. The first kappa shape index (κ1) is 20.8. The number of hydrogen-bond acceptors (Lipinski definition) is 6. The van der Waals surface area contributed by atoms with Gasteiger partial charge in [0.15, 0.2) is 0 Å². The van der Waals surface area contributed by atoms with E-state index < -0.39 is 11.8 Å². The second-order valence-electron chi connectivity index (χ2n) is 6.51. The van der Waals surface area contributed by atoms with Crippen LogP contribution in [0, 0.1) is 0 Å². The van der Waals surface area contributed by atoms with Gasteiger partial charge in [0.25, 0.3) is 17.7 Å². The molecule has 0 spiro atoms. The highest BCUT2D eigenvalue weighted by Gasteiger charge is 2.34. The Balaban J connectivity index is 1.47. The Morgan fingerprint density at radius 3 is 2.00 bits per heavy atom. The highest BCUT2D eigenvalue weighted by molar-refractivity contribution is 6.21. The largest absolute Gasteiger partial charge is 0.497 e. The molecule has 9 nitrogen and oxygen atoms in total. The number of amides is 4. The van der Waals surface area contributed by atoms with Crippen LogP contribution in [0.25, 0.3) is 0 Å². The van der Waals surface area contributed by atoms with Crippen molar-refractivity contribution < 1.29 is 28.7 Å². The van der Waals surface area contributed by atoms with E-state index in [1.54, 1.807) is 30.3 Å². The molecular weight excluding hydrogens is 390 g/mol. The monoisotopic (exact) mass is 411 g/mol. The van der Waals surface area contributed by atoms with E-state index in [2.05, 4.69) is 10.9 Å². The van der Waals surface area contributed by atoms with Crippen molar-refractivity contribution in [2.75, 3.05) is 20.8 Å². The molecule has 0 fully saturated rings. The van der Waals surface area contributed by atoms with Crippen LogP contribution in [0.1, 0.15) is 43.9 Å². The quantitative estimate of drug-likeness (QED) is 0.528. The summed E-state index contributed by atoms with van der Waals surface area (Å²) < 4.78 is 10.2. The van der Waals surface area contributed by atoms with Gasteiger partial charge in [-0.25, -0.2) is 0 Å². The van der Waals surface area contributed by atoms with Gasteiger partial charge < -0.3 is 9.47 Å². The minimum absolute atomic E-state index is 0.0229. The fraction of sp³-hybridized carbons (Fsp3) is 0.238. The van der Waals surface area contributed by atoms with Gasteiger partial charge in [0.05, 0.1) is 25.3 Å². The van der Waals surface area contributed by atoms with Crippen LogP contribution in [-0.2, 0) is 4.79 Å². The number of fused-ring (bicyclic) bond motifs is 1. The number of rotatable bonds is 7. The van der Waals surface area contributed by atoms with E-state index in [4.69, 9.17) is 9.47 Å². The fourth-order valence-corrected chi connectivity index (χ4v) is 3.04. The number of carbonyl (C=O) groups excluding carboxylic acids is 4. The lowest BCUT2D eigenvalue weighted by molar-refractivity contribution is -0.122. The van der Waals surface area contributed by atoms with Gasteiger partial charge in [0.2, 0.25) is 5.91 Å². The summed E-state index contributed by atoms with van der Waals surface area (Å²) in [5, 5.41) is 0. The molecule has 30 heavy (non-hydrogen) atoms. The normalized spacial score (nSPS) is 12.4. The van der Waals surface area contributed by atoms with Crippen LogP contribution in [0.5, 0.6) is 11.5 Å². The van der Waals surface area contributed by atoms with Crippen LogP contribution >= 0.6 is 0 Å². The maximum Gasteiger partial charge on any atom is 0.269 e. The van der Waals surface area contributed by atoms with E-state index >= 15 is 0 Å². The Morgan fingerprint density at radius 2 is 1.47 bits per heavy atom. The number of imide groups is 1. The van der Waals surface area contributed by atoms with Gasteiger partial charge in [-0.15, -0.1) is 0 Å². The average Bonchev–Trinajstić information content (AvgIpc) is 3.02. The van der Waals surface area contributed by atoms with E-state index in [1.807, 2.05) is 0 Å². The van der Waals surface area contributed by atoms with Gasteiger partial charge in [-0.05, 0) is 30.7 Å². The highest BCUT2D eigenvalue weighted by atomic mass is 16.5. The molecule has 156 valence electrons. The molecule has 4 amide bonds. The van der Waals surface area contributed by atoms with Crippen LogP contribution in [0.4, 0.5) is 0 Å². The molecule has 0 aliphatic carbocycles. The van der Waals surface area contributed by atoms with Crippen LogP contribution in [0.15, 0.2) is 42.5 Å². The summed E-state index contributed by atoms with van der Waals surface area (Å²) in [6.07, 6.45) is 0.287. The molecule has 0 saturated carbocycles. The van der Waals surface area contributed by atoms with Gasteiger partial charge in [-0.3, -0.25) is 34.9 Å². The van der Waals surface area contributed by atoms with Crippen molar-refractivity contribution in [2.24, 2.45) is 0 Å². The number of nitrogens with zero attached hydrogens (tertiary/aromatic N) is 1. The Morgan fingerprint density at radius 1 is 0.900 bits per heavy atom. The fourth-order valence-electron chi connectivity index (χ4n) is 3.04. The summed E-state index contributed by atoms with van der Waals surface area (Å²) >= 11 is 0. The third kappa shape index (κ3) is 4.40. The van der Waals surface area contributed by atoms with Gasteiger partial charge in [0.1, 0.15) is 11.5 Å². The number of ether oxygens (including phenoxy) is 2. The zero-order valence-electron chi connectivity index (χ0n) is 16.6. The lowest BCUT2D eigenvalue weighted by atomic mass is 10.1. The maximum absolute atomic E-state index is 12.3. The minimum atomic E-state index is -0.541. The second-order valence-corrected chi connectivity index (χ2v) is 6.51. The third-order valence-electron chi connectivity index (χ3n) is 4.59. The zero-order chi connectivity index (χ0) is 21.7. The molecule has 3 rings (SSSR count). The predicted octanol–water partition coefficient (Wildman–Crippen LogP) is 1.54. The number of nitrogens with one attached hydrogen (secondary N) is 2. The van der Waals surface area contributed by atoms with E-state index in [0.29, 0.717) is 22.6 Å². The van der Waals surface area contributed by atoms with Crippen LogP contribution in [-0.4, -0.2) is 49.3 Å². The van der Waals surface area contributed by atoms with Crippen molar-refractivity contribution >= 4 is 23.6 Å². The SMILES string of the molecule is COc1cc(OC)cc(C(=O)NNC(=O)CCCN2C(=O)c3ccccc3C2=O)c1. The summed E-state index contributed by atoms with van der Waals surface area (Å²) in [4.78, 5) is 50.0. The topological polar surface area (TPSA) is 114 Å². The standard InChI is InChI=1S/C21H21N3O6/c1-29-14-10-13(11-15(12-14)30-2)19(26)23-22-18(25)8-5-9-24-20(27)16-6-3-4-7-17(16)21(24)28/h3-4,6-7,10-12H,5,8-9H2,1-2H3,(H,22,25)(H,23,26). The Kier molecular flexibility index (Phi) is 6.31. The third-order valence-corrected chi connectivity index (χ3v) is 4.59. The first-order chi connectivity index (χ1) is 14.4. The van der Waals surface area contributed by atoms with Crippen molar-refractivity contribution in [3.63, 3.8) is 0 Å². The van der Waals surface area contributed by atoms with Gasteiger partial charge in [-0.1, -0.05) is 12.1 Å². The molecule has 2 aromatic rings. The summed E-state index contributed by atoms with van der Waals surface area (Å²) in [6, 6.07) is 11.2. The van der Waals surface area contributed by atoms with Crippen molar-refractivity contribution in [2.45, 2.75) is 12.8 Å². The van der Waals surface area contributed by atoms with Crippen molar-refractivity contribution in [1.29, 1.82) is 0 Å². The molecule has 0 atom stereocenters. The summed E-state index contributed by atoms with van der Waals surface area (Å²) in [5.41, 5.74) is 5.61. The van der Waals surface area contributed by atoms with Gasteiger partial charge in [0, 0.05) is 24.6 Å². The molecule has 0 saturated heterocycles. The van der Waals surface area contributed by atoms with E-state index in [1.165, 1.54) is 26.4 Å². The lowest BCUT2D eigenvalue weighted by Crippen LogP contribution is -2.42. The van der Waals surface area contributed by atoms with E-state index in [0.717, 1.165) is 4.90 Å². The lowest BCUT2D eigenvalue weighted by Gasteiger charge is -2.13. The molecule has 1 aliphatic heterocycles. The number of hydrogen-bond donors (Lipinski definition) is 2. The van der Waals surface area contributed by atoms with Crippen LogP contribution in [0.2, 0.25) is 0 Å².